The molecule has 1 fully saturated rings. The van der Waals surface area contributed by atoms with E-state index in [4.69, 9.17) is 11.6 Å². The highest BCUT2D eigenvalue weighted by Gasteiger charge is 2.23. The Kier molecular flexibility index (Phi) is 3.85. The molecule has 2 rings (SSSR count). The monoisotopic (exact) mass is 239 g/mol. The molecule has 0 saturated carbocycles. The van der Waals surface area contributed by atoms with Gasteiger partial charge in [0.25, 0.3) is 0 Å². The number of aliphatic hydroxyl groups excluding tert-OH is 1. The Morgan fingerprint density at radius 3 is 3.00 bits per heavy atom. The van der Waals surface area contributed by atoms with Gasteiger partial charge in [0.05, 0.1) is 6.10 Å². The van der Waals surface area contributed by atoms with Crippen LogP contribution >= 0.6 is 11.6 Å². The van der Waals surface area contributed by atoms with Crippen LogP contribution in [0.3, 0.4) is 0 Å². The van der Waals surface area contributed by atoms with Crippen molar-refractivity contribution in [1.82, 2.24) is 4.90 Å². The van der Waals surface area contributed by atoms with Crippen LogP contribution in [0.1, 0.15) is 18.9 Å². The molecule has 0 unspecified atom stereocenters. The number of piperidine rings is 1. The van der Waals surface area contributed by atoms with Crippen molar-refractivity contribution in [3.8, 4) is 0 Å². The number of halogens is 1. The molecule has 1 aliphatic heterocycles. The third-order valence-electron chi connectivity index (χ3n) is 3.24. The van der Waals surface area contributed by atoms with E-state index in [9.17, 15) is 5.11 Å². The minimum absolute atomic E-state index is 0.129. The van der Waals surface area contributed by atoms with Crippen LogP contribution in [0.15, 0.2) is 24.3 Å². The van der Waals surface area contributed by atoms with Crippen molar-refractivity contribution < 1.29 is 5.11 Å². The lowest BCUT2D eigenvalue weighted by Gasteiger charge is -2.34. The van der Waals surface area contributed by atoms with Gasteiger partial charge >= 0.3 is 0 Å². The molecule has 2 nitrogen and oxygen atoms in total. The second kappa shape index (κ2) is 5.17. The lowest BCUT2D eigenvalue weighted by molar-refractivity contribution is 0.0320. The minimum Gasteiger partial charge on any atom is -0.393 e. The number of aliphatic hydroxyl groups is 1. The maximum absolute atomic E-state index is 9.66. The SMILES string of the molecule is C[C@@H]1CN(Cc2cccc(Cl)c2)CC[C@@H]1O. The molecule has 0 amide bonds. The Morgan fingerprint density at radius 1 is 1.50 bits per heavy atom. The molecule has 1 aliphatic rings. The predicted octanol–water partition coefficient (Wildman–Crippen LogP) is 2.54. The maximum Gasteiger partial charge on any atom is 0.0590 e. The van der Waals surface area contributed by atoms with E-state index >= 15 is 0 Å². The molecule has 1 aromatic carbocycles. The van der Waals surface area contributed by atoms with Gasteiger partial charge in [-0.1, -0.05) is 30.7 Å². The number of likely N-dealkylation sites (tertiary alicyclic amines) is 1. The molecule has 0 bridgehead atoms. The summed E-state index contributed by atoms with van der Waals surface area (Å²) in [5.74, 6) is 0.368. The quantitative estimate of drug-likeness (QED) is 0.858. The average Bonchev–Trinajstić information content (AvgIpc) is 2.24. The zero-order chi connectivity index (χ0) is 11.5. The molecule has 1 N–H and O–H groups in total. The summed E-state index contributed by atoms with van der Waals surface area (Å²) in [6.45, 7) is 4.97. The van der Waals surface area contributed by atoms with E-state index in [0.717, 1.165) is 31.1 Å². The summed E-state index contributed by atoms with van der Waals surface area (Å²) in [4.78, 5) is 2.38. The highest BCUT2D eigenvalue weighted by molar-refractivity contribution is 6.30. The molecule has 88 valence electrons. The van der Waals surface area contributed by atoms with E-state index < -0.39 is 0 Å². The lowest BCUT2D eigenvalue weighted by Crippen LogP contribution is -2.41. The molecule has 2 atom stereocenters. The van der Waals surface area contributed by atoms with Gasteiger partial charge in [-0.25, -0.2) is 0 Å². The third kappa shape index (κ3) is 2.97. The van der Waals surface area contributed by atoms with Gasteiger partial charge in [0.2, 0.25) is 0 Å². The van der Waals surface area contributed by atoms with Crippen LogP contribution in [0.4, 0.5) is 0 Å². The van der Waals surface area contributed by atoms with Crippen molar-refractivity contribution in [2.75, 3.05) is 13.1 Å². The number of hydrogen-bond donors (Lipinski definition) is 1. The van der Waals surface area contributed by atoms with Crippen molar-refractivity contribution in [1.29, 1.82) is 0 Å². The fourth-order valence-corrected chi connectivity index (χ4v) is 2.47. The van der Waals surface area contributed by atoms with E-state index in [2.05, 4.69) is 17.9 Å². The maximum atomic E-state index is 9.66. The molecule has 16 heavy (non-hydrogen) atoms. The Morgan fingerprint density at radius 2 is 2.31 bits per heavy atom. The zero-order valence-corrected chi connectivity index (χ0v) is 10.3. The summed E-state index contributed by atoms with van der Waals surface area (Å²) in [6.07, 6.45) is 0.748. The van der Waals surface area contributed by atoms with Gasteiger partial charge < -0.3 is 5.11 Å². The van der Waals surface area contributed by atoms with Crippen LogP contribution in [0.2, 0.25) is 5.02 Å². The third-order valence-corrected chi connectivity index (χ3v) is 3.47. The average molecular weight is 240 g/mol. The van der Waals surface area contributed by atoms with E-state index in [1.165, 1.54) is 5.56 Å². The van der Waals surface area contributed by atoms with Crippen LogP contribution < -0.4 is 0 Å². The summed E-state index contributed by atoms with van der Waals surface area (Å²) in [7, 11) is 0. The summed E-state index contributed by atoms with van der Waals surface area (Å²) >= 11 is 5.96. The molecule has 1 aromatic rings. The topological polar surface area (TPSA) is 23.5 Å². The number of hydrogen-bond acceptors (Lipinski definition) is 2. The van der Waals surface area contributed by atoms with Crippen molar-refractivity contribution in [3.05, 3.63) is 34.9 Å². The van der Waals surface area contributed by atoms with Gasteiger partial charge in [-0.3, -0.25) is 4.90 Å². The molecular formula is C13H18ClNO. The number of nitrogens with zero attached hydrogens (tertiary/aromatic N) is 1. The second-order valence-corrected chi connectivity index (χ2v) is 5.13. The number of benzene rings is 1. The van der Waals surface area contributed by atoms with Crippen molar-refractivity contribution in [2.45, 2.75) is 26.0 Å². The van der Waals surface area contributed by atoms with Gasteiger partial charge in [0, 0.05) is 24.7 Å². The van der Waals surface area contributed by atoms with E-state index in [1.807, 2.05) is 18.2 Å². The standard InChI is InChI=1S/C13H18ClNO/c1-10-8-15(6-5-13(10)16)9-11-3-2-4-12(14)7-11/h2-4,7,10,13,16H,5-6,8-9H2,1H3/t10-,13+/m1/s1. The van der Waals surface area contributed by atoms with Gasteiger partial charge in [0.1, 0.15) is 0 Å². The van der Waals surface area contributed by atoms with Crippen molar-refractivity contribution in [2.24, 2.45) is 5.92 Å². The van der Waals surface area contributed by atoms with E-state index in [-0.39, 0.29) is 6.10 Å². The summed E-state index contributed by atoms with van der Waals surface area (Å²) < 4.78 is 0. The van der Waals surface area contributed by atoms with Gasteiger partial charge in [-0.15, -0.1) is 0 Å². The summed E-state index contributed by atoms with van der Waals surface area (Å²) in [5.41, 5.74) is 1.25. The first-order valence-electron chi connectivity index (χ1n) is 5.80. The first-order valence-corrected chi connectivity index (χ1v) is 6.18. The molecule has 1 heterocycles. The van der Waals surface area contributed by atoms with Crippen molar-refractivity contribution in [3.63, 3.8) is 0 Å². The molecule has 0 aromatic heterocycles. The predicted molar refractivity (Wildman–Crippen MR) is 66.5 cm³/mol. The second-order valence-electron chi connectivity index (χ2n) is 4.70. The fraction of sp³-hybridized carbons (Fsp3) is 0.538. The number of rotatable bonds is 2. The zero-order valence-electron chi connectivity index (χ0n) is 9.56. The van der Waals surface area contributed by atoms with Crippen LogP contribution in [0.25, 0.3) is 0 Å². The van der Waals surface area contributed by atoms with Crippen molar-refractivity contribution >= 4 is 11.6 Å². The molecule has 0 radical (unpaired) electrons. The van der Waals surface area contributed by atoms with Gasteiger partial charge in [-0.05, 0) is 30.0 Å². The smallest absolute Gasteiger partial charge is 0.0590 e. The summed E-state index contributed by atoms with van der Waals surface area (Å²) in [6, 6.07) is 7.99. The van der Waals surface area contributed by atoms with Crippen LogP contribution in [0, 0.1) is 5.92 Å². The van der Waals surface area contributed by atoms with Gasteiger partial charge in [-0.2, -0.15) is 0 Å². The molecular weight excluding hydrogens is 222 g/mol. The Bertz CT molecular complexity index is 356. The highest BCUT2D eigenvalue weighted by Crippen LogP contribution is 2.19. The van der Waals surface area contributed by atoms with Crippen LogP contribution in [-0.4, -0.2) is 29.2 Å². The largest absolute Gasteiger partial charge is 0.393 e. The molecule has 3 heteroatoms. The molecule has 1 saturated heterocycles. The normalized spacial score (nSPS) is 26.9. The summed E-state index contributed by atoms with van der Waals surface area (Å²) in [5, 5.41) is 10.5. The fourth-order valence-electron chi connectivity index (χ4n) is 2.26. The molecule has 0 aliphatic carbocycles. The molecule has 0 spiro atoms. The Labute approximate surface area is 102 Å². The minimum atomic E-state index is -0.129. The van der Waals surface area contributed by atoms with E-state index in [0.29, 0.717) is 5.92 Å². The van der Waals surface area contributed by atoms with Crippen LogP contribution in [0.5, 0.6) is 0 Å². The van der Waals surface area contributed by atoms with E-state index in [1.54, 1.807) is 0 Å². The van der Waals surface area contributed by atoms with Gasteiger partial charge in [0.15, 0.2) is 0 Å². The Hall–Kier alpha value is -0.570. The first kappa shape index (κ1) is 11.9. The Balaban J connectivity index is 1.95. The first-order chi connectivity index (χ1) is 7.65. The highest BCUT2D eigenvalue weighted by atomic mass is 35.5. The lowest BCUT2D eigenvalue weighted by atomic mass is 9.96. The van der Waals surface area contributed by atoms with Crippen LogP contribution in [-0.2, 0) is 6.54 Å².